The molecule has 0 atom stereocenters. The van der Waals surface area contributed by atoms with Crippen LogP contribution in [0.3, 0.4) is 0 Å². The summed E-state index contributed by atoms with van der Waals surface area (Å²) in [5.74, 6) is -0.107. The van der Waals surface area contributed by atoms with Crippen molar-refractivity contribution in [3.8, 4) is 11.4 Å². The van der Waals surface area contributed by atoms with Crippen LogP contribution >= 0.6 is 0 Å². The van der Waals surface area contributed by atoms with Crippen LogP contribution in [0.2, 0.25) is 0 Å². The van der Waals surface area contributed by atoms with E-state index in [-0.39, 0.29) is 5.91 Å². The van der Waals surface area contributed by atoms with Gasteiger partial charge in [-0.1, -0.05) is 60.7 Å². The van der Waals surface area contributed by atoms with Crippen LogP contribution in [-0.2, 0) is 4.79 Å². The first-order valence-corrected chi connectivity index (χ1v) is 9.72. The van der Waals surface area contributed by atoms with Gasteiger partial charge in [0.15, 0.2) is 0 Å². The standard InChI is InChI=1S/C25H19N3O/c29-25(19-8-2-1-3-9-19)28-23-12-6-10-18-14-16-22(27-24(18)23)21-15-13-17-7-4-5-11-20(17)26-21/h2,4-16H,1,3H2,(H,28,29). The molecule has 0 radical (unpaired) electrons. The third-order valence-electron chi connectivity index (χ3n) is 5.09. The lowest BCUT2D eigenvalue weighted by atomic mass is 10.1. The number of hydrogen-bond donors (Lipinski definition) is 1. The first-order chi connectivity index (χ1) is 14.3. The number of para-hydroxylation sites is 2. The average molecular weight is 377 g/mol. The predicted molar refractivity (Wildman–Crippen MR) is 118 cm³/mol. The minimum absolute atomic E-state index is 0.107. The van der Waals surface area contributed by atoms with Gasteiger partial charge in [0.2, 0.25) is 0 Å². The SMILES string of the molecule is O=C(Nc1cccc2ccc(-c3ccc4ccccc4n3)nc12)C1=CCCC=C1. The molecular formula is C25H19N3O. The number of anilines is 1. The minimum Gasteiger partial charge on any atom is -0.320 e. The molecule has 1 aliphatic carbocycles. The third-order valence-corrected chi connectivity index (χ3v) is 5.09. The van der Waals surface area contributed by atoms with Crippen molar-refractivity contribution in [1.29, 1.82) is 0 Å². The molecule has 1 amide bonds. The van der Waals surface area contributed by atoms with E-state index in [4.69, 9.17) is 9.97 Å². The summed E-state index contributed by atoms with van der Waals surface area (Å²) >= 11 is 0. The van der Waals surface area contributed by atoms with E-state index in [1.165, 1.54) is 0 Å². The zero-order chi connectivity index (χ0) is 19.6. The van der Waals surface area contributed by atoms with Crippen molar-refractivity contribution in [3.63, 3.8) is 0 Å². The predicted octanol–water partition coefficient (Wildman–Crippen LogP) is 5.66. The van der Waals surface area contributed by atoms with Gasteiger partial charge in [-0.3, -0.25) is 4.79 Å². The number of carbonyl (C=O) groups is 1. The number of pyridine rings is 2. The molecule has 5 rings (SSSR count). The number of hydrogen-bond acceptors (Lipinski definition) is 3. The van der Waals surface area contributed by atoms with Gasteiger partial charge in [-0.15, -0.1) is 0 Å². The Balaban J connectivity index is 1.55. The molecule has 2 aromatic carbocycles. The molecule has 140 valence electrons. The van der Waals surface area contributed by atoms with Crippen molar-refractivity contribution in [2.45, 2.75) is 12.8 Å². The van der Waals surface area contributed by atoms with Crippen LogP contribution in [0.5, 0.6) is 0 Å². The molecule has 0 unspecified atom stereocenters. The summed E-state index contributed by atoms with van der Waals surface area (Å²) in [6, 6.07) is 21.9. The van der Waals surface area contributed by atoms with E-state index in [1.807, 2.05) is 78.9 Å². The van der Waals surface area contributed by atoms with E-state index >= 15 is 0 Å². The van der Waals surface area contributed by atoms with Crippen LogP contribution in [0.25, 0.3) is 33.2 Å². The number of amides is 1. The summed E-state index contributed by atoms with van der Waals surface area (Å²) in [5, 5.41) is 5.09. The fourth-order valence-corrected chi connectivity index (χ4v) is 3.58. The molecule has 0 aliphatic heterocycles. The highest BCUT2D eigenvalue weighted by atomic mass is 16.1. The summed E-state index contributed by atoms with van der Waals surface area (Å²) in [5.41, 5.74) is 4.68. The van der Waals surface area contributed by atoms with Gasteiger partial charge < -0.3 is 5.32 Å². The Kier molecular flexibility index (Phi) is 4.37. The van der Waals surface area contributed by atoms with Gasteiger partial charge in [0.1, 0.15) is 0 Å². The second-order valence-corrected chi connectivity index (χ2v) is 7.06. The van der Waals surface area contributed by atoms with E-state index in [0.717, 1.165) is 46.0 Å². The molecular weight excluding hydrogens is 358 g/mol. The lowest BCUT2D eigenvalue weighted by Crippen LogP contribution is -2.14. The minimum atomic E-state index is -0.107. The number of rotatable bonds is 3. The number of nitrogens with one attached hydrogen (secondary N) is 1. The maximum atomic E-state index is 12.6. The molecule has 4 aromatic rings. The van der Waals surface area contributed by atoms with Crippen LogP contribution in [0, 0.1) is 0 Å². The zero-order valence-corrected chi connectivity index (χ0v) is 15.8. The highest BCUT2D eigenvalue weighted by Gasteiger charge is 2.12. The Bertz CT molecular complexity index is 1300. The Morgan fingerprint density at radius 2 is 1.59 bits per heavy atom. The second-order valence-electron chi connectivity index (χ2n) is 7.06. The molecule has 0 spiro atoms. The monoisotopic (exact) mass is 377 g/mol. The summed E-state index contributed by atoms with van der Waals surface area (Å²) < 4.78 is 0. The van der Waals surface area contributed by atoms with Gasteiger partial charge in [-0.05, 0) is 37.1 Å². The lowest BCUT2D eigenvalue weighted by Gasteiger charge is -2.11. The normalized spacial score (nSPS) is 13.4. The highest BCUT2D eigenvalue weighted by molar-refractivity contribution is 6.09. The largest absolute Gasteiger partial charge is 0.320 e. The lowest BCUT2D eigenvalue weighted by molar-refractivity contribution is -0.112. The zero-order valence-electron chi connectivity index (χ0n) is 15.8. The Labute approximate surface area is 168 Å². The van der Waals surface area contributed by atoms with E-state index in [9.17, 15) is 4.79 Å². The number of allylic oxidation sites excluding steroid dienone is 2. The topological polar surface area (TPSA) is 54.9 Å². The second kappa shape index (κ2) is 7.32. The summed E-state index contributed by atoms with van der Waals surface area (Å²) in [6.07, 6.45) is 7.75. The molecule has 0 fully saturated rings. The number of fused-ring (bicyclic) bond motifs is 2. The van der Waals surface area contributed by atoms with Crippen molar-refractivity contribution < 1.29 is 4.79 Å². The number of benzene rings is 2. The molecule has 4 nitrogen and oxygen atoms in total. The molecule has 0 saturated heterocycles. The van der Waals surface area contributed by atoms with Crippen LogP contribution in [0.15, 0.2) is 90.5 Å². The third kappa shape index (κ3) is 3.41. The van der Waals surface area contributed by atoms with E-state index in [1.54, 1.807) is 0 Å². The van der Waals surface area contributed by atoms with Gasteiger partial charge in [0, 0.05) is 16.3 Å². The van der Waals surface area contributed by atoms with Gasteiger partial charge in [0.25, 0.3) is 5.91 Å². The van der Waals surface area contributed by atoms with E-state index in [2.05, 4.69) is 11.4 Å². The quantitative estimate of drug-likeness (QED) is 0.501. The fourth-order valence-electron chi connectivity index (χ4n) is 3.58. The molecule has 1 N–H and O–H groups in total. The van der Waals surface area contributed by atoms with Crippen molar-refractivity contribution >= 4 is 33.4 Å². The highest BCUT2D eigenvalue weighted by Crippen LogP contribution is 2.27. The summed E-state index contributed by atoms with van der Waals surface area (Å²) in [7, 11) is 0. The number of aromatic nitrogens is 2. The Hall–Kier alpha value is -3.79. The van der Waals surface area contributed by atoms with Crippen LogP contribution < -0.4 is 5.32 Å². The molecule has 0 saturated carbocycles. The molecule has 2 aromatic heterocycles. The molecule has 1 aliphatic rings. The summed E-state index contributed by atoms with van der Waals surface area (Å²) in [4.78, 5) is 22.2. The molecule has 29 heavy (non-hydrogen) atoms. The Morgan fingerprint density at radius 3 is 2.45 bits per heavy atom. The van der Waals surface area contributed by atoms with Crippen LogP contribution in [-0.4, -0.2) is 15.9 Å². The number of carbonyl (C=O) groups excluding carboxylic acids is 1. The maximum Gasteiger partial charge on any atom is 0.255 e. The molecule has 0 bridgehead atoms. The fraction of sp³-hybridized carbons (Fsp3) is 0.0800. The van der Waals surface area contributed by atoms with Crippen molar-refractivity contribution in [3.05, 3.63) is 90.5 Å². The van der Waals surface area contributed by atoms with E-state index in [0.29, 0.717) is 11.3 Å². The Morgan fingerprint density at radius 1 is 0.793 bits per heavy atom. The molecule has 2 heterocycles. The first-order valence-electron chi connectivity index (χ1n) is 9.72. The van der Waals surface area contributed by atoms with Gasteiger partial charge in [-0.25, -0.2) is 9.97 Å². The first kappa shape index (κ1) is 17.3. The average Bonchev–Trinajstić information content (AvgIpc) is 2.79. The van der Waals surface area contributed by atoms with Gasteiger partial charge in [0.05, 0.1) is 28.1 Å². The van der Waals surface area contributed by atoms with Gasteiger partial charge >= 0.3 is 0 Å². The van der Waals surface area contributed by atoms with Crippen LogP contribution in [0.4, 0.5) is 5.69 Å². The van der Waals surface area contributed by atoms with Crippen molar-refractivity contribution in [2.75, 3.05) is 5.32 Å². The summed E-state index contributed by atoms with van der Waals surface area (Å²) in [6.45, 7) is 0. The molecule has 4 heteroatoms. The number of nitrogens with zero attached hydrogens (tertiary/aromatic N) is 2. The van der Waals surface area contributed by atoms with Gasteiger partial charge in [-0.2, -0.15) is 0 Å². The smallest absolute Gasteiger partial charge is 0.255 e. The van der Waals surface area contributed by atoms with Crippen molar-refractivity contribution in [1.82, 2.24) is 9.97 Å². The maximum absolute atomic E-state index is 12.6. The van der Waals surface area contributed by atoms with Crippen LogP contribution in [0.1, 0.15) is 12.8 Å². The van der Waals surface area contributed by atoms with E-state index < -0.39 is 0 Å². The van der Waals surface area contributed by atoms with Crippen molar-refractivity contribution in [2.24, 2.45) is 0 Å².